The van der Waals surface area contributed by atoms with Gasteiger partial charge in [0.15, 0.2) is 5.11 Å². The summed E-state index contributed by atoms with van der Waals surface area (Å²) in [6.45, 7) is -0.197. The van der Waals surface area contributed by atoms with Gasteiger partial charge in [-0.2, -0.15) is 0 Å². The number of methoxy groups -OCH3 is 1. The van der Waals surface area contributed by atoms with Gasteiger partial charge in [-0.1, -0.05) is 6.07 Å². The number of benzene rings is 2. The Hall–Kier alpha value is -3.23. The molecule has 0 saturated carbocycles. The number of carbonyl (C=O) groups excluding carboxylic acids is 1. The van der Waals surface area contributed by atoms with Gasteiger partial charge in [-0.25, -0.2) is 4.39 Å². The number of aliphatic hydroxyl groups is 1. The predicted octanol–water partition coefficient (Wildman–Crippen LogP) is 3.71. The highest BCUT2D eigenvalue weighted by atomic mass is 32.1. The van der Waals surface area contributed by atoms with Crippen molar-refractivity contribution in [2.24, 2.45) is 0 Å². The Labute approximate surface area is 165 Å². The van der Waals surface area contributed by atoms with Crippen molar-refractivity contribution in [2.75, 3.05) is 12.4 Å². The molecule has 0 atom stereocenters. The molecule has 3 N–H and O–H groups in total. The van der Waals surface area contributed by atoms with Crippen LogP contribution in [0.5, 0.6) is 5.75 Å². The van der Waals surface area contributed by atoms with Crippen molar-refractivity contribution >= 4 is 28.9 Å². The Morgan fingerprint density at radius 1 is 1.21 bits per heavy atom. The molecular formula is C20H17FN2O4S. The van der Waals surface area contributed by atoms with Crippen LogP contribution in [-0.4, -0.2) is 23.2 Å². The molecule has 0 fully saturated rings. The fourth-order valence-corrected chi connectivity index (χ4v) is 2.74. The van der Waals surface area contributed by atoms with Gasteiger partial charge in [-0.3, -0.25) is 10.1 Å². The molecule has 2 aromatic carbocycles. The molecule has 144 valence electrons. The zero-order chi connectivity index (χ0) is 20.1. The van der Waals surface area contributed by atoms with Gasteiger partial charge in [0.1, 0.15) is 29.7 Å². The maximum atomic E-state index is 13.3. The van der Waals surface area contributed by atoms with Crippen LogP contribution in [0.2, 0.25) is 0 Å². The fourth-order valence-electron chi connectivity index (χ4n) is 2.54. The van der Waals surface area contributed by atoms with Gasteiger partial charge >= 0.3 is 0 Å². The van der Waals surface area contributed by atoms with E-state index in [2.05, 4.69) is 10.6 Å². The van der Waals surface area contributed by atoms with Crippen LogP contribution in [0.1, 0.15) is 16.1 Å². The molecule has 0 unspecified atom stereocenters. The SMILES string of the molecule is COc1ccc(-c2ccc(CO)o2)cc1NC(=S)NC(=O)c1cccc(F)c1. The lowest BCUT2D eigenvalue weighted by atomic mass is 10.1. The number of rotatable bonds is 5. The van der Waals surface area contributed by atoms with Crippen LogP contribution >= 0.6 is 12.2 Å². The van der Waals surface area contributed by atoms with Crippen molar-refractivity contribution < 1.29 is 23.4 Å². The lowest BCUT2D eigenvalue weighted by molar-refractivity contribution is 0.0977. The van der Waals surface area contributed by atoms with E-state index < -0.39 is 11.7 Å². The van der Waals surface area contributed by atoms with Gasteiger partial charge in [0.25, 0.3) is 5.91 Å². The van der Waals surface area contributed by atoms with E-state index in [9.17, 15) is 9.18 Å². The van der Waals surface area contributed by atoms with Crippen molar-refractivity contribution in [3.05, 3.63) is 71.7 Å². The highest BCUT2D eigenvalue weighted by molar-refractivity contribution is 7.80. The third-order valence-electron chi connectivity index (χ3n) is 3.86. The zero-order valence-corrected chi connectivity index (χ0v) is 15.7. The summed E-state index contributed by atoms with van der Waals surface area (Å²) in [4.78, 5) is 12.2. The van der Waals surface area contributed by atoms with E-state index in [4.69, 9.17) is 26.5 Å². The number of anilines is 1. The first-order chi connectivity index (χ1) is 13.5. The van der Waals surface area contributed by atoms with Crippen LogP contribution in [0.4, 0.5) is 10.1 Å². The molecule has 3 aromatic rings. The molecule has 1 amide bonds. The van der Waals surface area contributed by atoms with Gasteiger partial charge in [-0.15, -0.1) is 0 Å². The monoisotopic (exact) mass is 400 g/mol. The Morgan fingerprint density at radius 3 is 2.71 bits per heavy atom. The average molecular weight is 400 g/mol. The molecule has 0 aliphatic carbocycles. The number of nitrogens with one attached hydrogen (secondary N) is 2. The van der Waals surface area contributed by atoms with Crippen molar-refractivity contribution in [2.45, 2.75) is 6.61 Å². The van der Waals surface area contributed by atoms with E-state index >= 15 is 0 Å². The summed E-state index contributed by atoms with van der Waals surface area (Å²) in [5, 5.41) is 14.6. The van der Waals surface area contributed by atoms with E-state index in [1.54, 1.807) is 30.3 Å². The summed E-state index contributed by atoms with van der Waals surface area (Å²) in [6, 6.07) is 14.0. The Morgan fingerprint density at radius 2 is 2.04 bits per heavy atom. The van der Waals surface area contributed by atoms with Gasteiger partial charge in [-0.05, 0) is 60.7 Å². The first-order valence-electron chi connectivity index (χ1n) is 8.26. The second-order valence-corrected chi connectivity index (χ2v) is 6.17. The number of aliphatic hydroxyl groups excluding tert-OH is 1. The lowest BCUT2D eigenvalue weighted by Gasteiger charge is -2.14. The summed E-state index contributed by atoms with van der Waals surface area (Å²) < 4.78 is 24.1. The minimum atomic E-state index is -0.536. The van der Waals surface area contributed by atoms with Gasteiger partial charge < -0.3 is 19.6 Å². The van der Waals surface area contributed by atoms with Crippen LogP contribution in [0.15, 0.2) is 59.0 Å². The number of thiocarbonyl (C=S) groups is 1. The van der Waals surface area contributed by atoms with Crippen LogP contribution < -0.4 is 15.4 Å². The quantitative estimate of drug-likeness (QED) is 0.567. The number of halogens is 1. The molecule has 0 aliphatic rings. The van der Waals surface area contributed by atoms with Gasteiger partial charge in [0.2, 0.25) is 0 Å². The van der Waals surface area contributed by atoms with Crippen molar-refractivity contribution in [1.82, 2.24) is 5.32 Å². The second-order valence-electron chi connectivity index (χ2n) is 5.76. The van der Waals surface area contributed by atoms with Crippen LogP contribution in [0, 0.1) is 5.82 Å². The molecule has 3 rings (SSSR count). The second kappa shape index (κ2) is 8.64. The van der Waals surface area contributed by atoms with E-state index in [1.165, 1.54) is 25.3 Å². The number of amides is 1. The molecule has 0 aliphatic heterocycles. The van der Waals surface area contributed by atoms with E-state index in [0.717, 1.165) is 11.6 Å². The van der Waals surface area contributed by atoms with E-state index in [0.29, 0.717) is 23.0 Å². The summed E-state index contributed by atoms with van der Waals surface area (Å²) in [7, 11) is 1.51. The summed E-state index contributed by atoms with van der Waals surface area (Å²) in [6.07, 6.45) is 0. The van der Waals surface area contributed by atoms with Gasteiger partial charge in [0, 0.05) is 11.1 Å². The Kier molecular flexibility index (Phi) is 6.03. The Balaban J connectivity index is 1.77. The topological polar surface area (TPSA) is 83.7 Å². The molecule has 0 radical (unpaired) electrons. The number of carbonyl (C=O) groups is 1. The minimum absolute atomic E-state index is 0.0280. The minimum Gasteiger partial charge on any atom is -0.495 e. The normalized spacial score (nSPS) is 10.4. The van der Waals surface area contributed by atoms with Gasteiger partial charge in [0.05, 0.1) is 12.8 Å². The highest BCUT2D eigenvalue weighted by Gasteiger charge is 2.13. The molecule has 0 spiro atoms. The van der Waals surface area contributed by atoms with Crippen molar-refractivity contribution in [3.63, 3.8) is 0 Å². The molecule has 28 heavy (non-hydrogen) atoms. The number of hydrogen-bond donors (Lipinski definition) is 3. The first-order valence-corrected chi connectivity index (χ1v) is 8.67. The average Bonchev–Trinajstić information content (AvgIpc) is 3.17. The zero-order valence-electron chi connectivity index (χ0n) is 14.9. The summed E-state index contributed by atoms with van der Waals surface area (Å²) in [5.74, 6) is 0.454. The molecule has 0 saturated heterocycles. The predicted molar refractivity (Wildman–Crippen MR) is 107 cm³/mol. The Bertz CT molecular complexity index is 1020. The maximum Gasteiger partial charge on any atom is 0.257 e. The molecule has 8 heteroatoms. The first kappa shape index (κ1) is 19.5. The third-order valence-corrected chi connectivity index (χ3v) is 4.07. The summed E-state index contributed by atoms with van der Waals surface area (Å²) in [5.41, 5.74) is 1.38. The lowest BCUT2D eigenvalue weighted by Crippen LogP contribution is -2.34. The largest absolute Gasteiger partial charge is 0.495 e. The van der Waals surface area contributed by atoms with Crippen LogP contribution in [-0.2, 0) is 6.61 Å². The maximum absolute atomic E-state index is 13.3. The fraction of sp³-hybridized carbons (Fsp3) is 0.100. The van der Waals surface area contributed by atoms with Crippen molar-refractivity contribution in [1.29, 1.82) is 0 Å². The molecular weight excluding hydrogens is 383 g/mol. The van der Waals surface area contributed by atoms with Crippen molar-refractivity contribution in [3.8, 4) is 17.1 Å². The molecule has 1 aromatic heterocycles. The third kappa shape index (κ3) is 4.54. The molecule has 1 heterocycles. The molecule has 6 nitrogen and oxygen atoms in total. The van der Waals surface area contributed by atoms with Crippen LogP contribution in [0.3, 0.4) is 0 Å². The highest BCUT2D eigenvalue weighted by Crippen LogP contribution is 2.31. The molecule has 0 bridgehead atoms. The number of furan rings is 1. The number of hydrogen-bond acceptors (Lipinski definition) is 5. The number of ether oxygens (including phenoxy) is 1. The summed E-state index contributed by atoms with van der Waals surface area (Å²) >= 11 is 5.19. The van der Waals surface area contributed by atoms with E-state index in [1.807, 2.05) is 0 Å². The standard InChI is InChI=1S/C20H17FN2O4S/c1-26-18-7-5-12(17-8-6-15(11-24)27-17)10-16(18)22-20(28)23-19(25)13-3-2-4-14(21)9-13/h2-10,24H,11H2,1H3,(H2,22,23,25,28). The smallest absolute Gasteiger partial charge is 0.257 e. The van der Waals surface area contributed by atoms with E-state index in [-0.39, 0.29) is 17.3 Å². The van der Waals surface area contributed by atoms with Crippen LogP contribution in [0.25, 0.3) is 11.3 Å².